The third kappa shape index (κ3) is 4.08. The van der Waals surface area contributed by atoms with Crippen molar-refractivity contribution in [1.82, 2.24) is 15.5 Å². The summed E-state index contributed by atoms with van der Waals surface area (Å²) in [6.07, 6.45) is 2.50. The summed E-state index contributed by atoms with van der Waals surface area (Å²) in [5.41, 5.74) is 0. The fourth-order valence-corrected chi connectivity index (χ4v) is 1.84. The Kier molecular flexibility index (Phi) is 4.15. The molecule has 5 nitrogen and oxygen atoms in total. The lowest BCUT2D eigenvalue weighted by Gasteiger charge is -2.30. The van der Waals surface area contributed by atoms with Gasteiger partial charge in [0.25, 0.3) is 0 Å². The molecule has 1 heterocycles. The van der Waals surface area contributed by atoms with Crippen LogP contribution < -0.4 is 10.6 Å². The van der Waals surface area contributed by atoms with Crippen LogP contribution in [0, 0.1) is 0 Å². The van der Waals surface area contributed by atoms with Crippen molar-refractivity contribution in [1.29, 1.82) is 0 Å². The van der Waals surface area contributed by atoms with Crippen molar-refractivity contribution in [3.05, 3.63) is 0 Å². The second-order valence-corrected chi connectivity index (χ2v) is 4.73. The van der Waals surface area contributed by atoms with Gasteiger partial charge in [0.15, 0.2) is 0 Å². The first-order valence-corrected chi connectivity index (χ1v) is 6.04. The van der Waals surface area contributed by atoms with Gasteiger partial charge < -0.3 is 20.3 Å². The number of amides is 1. The highest BCUT2D eigenvalue weighted by Crippen LogP contribution is 2.18. The first kappa shape index (κ1) is 11.8. The Morgan fingerprint density at radius 1 is 1.50 bits per heavy atom. The Morgan fingerprint density at radius 3 is 3.00 bits per heavy atom. The molecule has 1 aliphatic carbocycles. The van der Waals surface area contributed by atoms with Crippen LogP contribution in [0.3, 0.4) is 0 Å². The first-order chi connectivity index (χ1) is 7.74. The fourth-order valence-electron chi connectivity index (χ4n) is 1.84. The van der Waals surface area contributed by atoms with Crippen LogP contribution in [-0.4, -0.2) is 62.8 Å². The number of morpholine rings is 1. The maximum Gasteiger partial charge on any atom is 0.234 e. The van der Waals surface area contributed by atoms with E-state index >= 15 is 0 Å². The highest BCUT2D eigenvalue weighted by molar-refractivity contribution is 5.78. The molecule has 1 aliphatic heterocycles. The van der Waals surface area contributed by atoms with Crippen LogP contribution in [0.25, 0.3) is 0 Å². The second kappa shape index (κ2) is 5.61. The molecule has 5 heteroatoms. The summed E-state index contributed by atoms with van der Waals surface area (Å²) in [7, 11) is 2.09. The number of hydrogen-bond donors (Lipinski definition) is 2. The van der Waals surface area contributed by atoms with E-state index < -0.39 is 0 Å². The van der Waals surface area contributed by atoms with Crippen molar-refractivity contribution >= 4 is 5.91 Å². The highest BCUT2D eigenvalue weighted by Gasteiger charge is 2.23. The minimum Gasteiger partial charge on any atom is -0.374 e. The van der Waals surface area contributed by atoms with Crippen LogP contribution in [0.2, 0.25) is 0 Å². The Bertz CT molecular complexity index is 243. The molecule has 92 valence electrons. The molecule has 1 saturated heterocycles. The molecule has 0 radical (unpaired) electrons. The van der Waals surface area contributed by atoms with Gasteiger partial charge in [0.2, 0.25) is 5.91 Å². The largest absolute Gasteiger partial charge is 0.374 e. The number of hydrogen-bond acceptors (Lipinski definition) is 4. The van der Waals surface area contributed by atoms with E-state index in [1.165, 1.54) is 0 Å². The minimum atomic E-state index is 0.103. The number of likely N-dealkylation sites (N-methyl/N-ethyl adjacent to an activating group) is 1. The predicted molar refractivity (Wildman–Crippen MR) is 61.3 cm³/mol. The number of nitrogens with zero attached hydrogens (tertiary/aromatic N) is 1. The average Bonchev–Trinajstić information content (AvgIpc) is 3.02. The molecule has 1 atom stereocenters. The molecule has 1 saturated carbocycles. The number of carbonyl (C=O) groups is 1. The van der Waals surface area contributed by atoms with Crippen LogP contribution in [-0.2, 0) is 9.53 Å². The van der Waals surface area contributed by atoms with E-state index in [1.54, 1.807) is 0 Å². The monoisotopic (exact) mass is 227 g/mol. The van der Waals surface area contributed by atoms with Gasteiger partial charge in [-0.2, -0.15) is 0 Å². The molecule has 0 aromatic heterocycles. The van der Waals surface area contributed by atoms with Gasteiger partial charge in [-0.3, -0.25) is 4.79 Å². The highest BCUT2D eigenvalue weighted by atomic mass is 16.5. The summed E-state index contributed by atoms with van der Waals surface area (Å²) in [5.74, 6) is 0.103. The number of carbonyl (C=O) groups excluding carboxylic acids is 1. The van der Waals surface area contributed by atoms with Gasteiger partial charge in [0.1, 0.15) is 0 Å². The van der Waals surface area contributed by atoms with Gasteiger partial charge in [-0.1, -0.05) is 0 Å². The molecule has 2 N–H and O–H groups in total. The van der Waals surface area contributed by atoms with Gasteiger partial charge >= 0.3 is 0 Å². The third-order valence-corrected chi connectivity index (χ3v) is 2.94. The number of nitrogens with one attached hydrogen (secondary N) is 2. The van der Waals surface area contributed by atoms with Gasteiger partial charge in [-0.05, 0) is 19.9 Å². The van der Waals surface area contributed by atoms with E-state index in [0.29, 0.717) is 12.6 Å². The lowest BCUT2D eigenvalue weighted by Crippen LogP contribution is -2.46. The molecular weight excluding hydrogens is 206 g/mol. The van der Waals surface area contributed by atoms with Crippen molar-refractivity contribution < 1.29 is 9.53 Å². The molecular formula is C11H21N3O2. The van der Waals surface area contributed by atoms with Crippen molar-refractivity contribution in [2.75, 3.05) is 39.8 Å². The molecule has 2 rings (SSSR count). The summed E-state index contributed by atoms with van der Waals surface area (Å²) >= 11 is 0. The van der Waals surface area contributed by atoms with Crippen LogP contribution in [0.15, 0.2) is 0 Å². The summed E-state index contributed by atoms with van der Waals surface area (Å²) in [5, 5.41) is 6.09. The van der Waals surface area contributed by atoms with E-state index in [0.717, 1.165) is 39.1 Å². The molecule has 0 bridgehead atoms. The smallest absolute Gasteiger partial charge is 0.234 e. The maximum absolute atomic E-state index is 11.4. The van der Waals surface area contributed by atoms with Crippen LogP contribution >= 0.6 is 0 Å². The van der Waals surface area contributed by atoms with Crippen molar-refractivity contribution in [3.63, 3.8) is 0 Å². The molecule has 0 aromatic carbocycles. The Morgan fingerprint density at radius 2 is 2.31 bits per heavy atom. The Hall–Kier alpha value is -0.650. The van der Waals surface area contributed by atoms with E-state index in [9.17, 15) is 4.79 Å². The van der Waals surface area contributed by atoms with E-state index in [4.69, 9.17) is 4.74 Å². The molecule has 16 heavy (non-hydrogen) atoms. The zero-order valence-electron chi connectivity index (χ0n) is 9.87. The lowest BCUT2D eigenvalue weighted by molar-refractivity contribution is -0.120. The zero-order chi connectivity index (χ0) is 11.4. The topological polar surface area (TPSA) is 53.6 Å². The van der Waals surface area contributed by atoms with E-state index in [1.807, 2.05) is 0 Å². The van der Waals surface area contributed by atoms with Crippen molar-refractivity contribution in [2.45, 2.75) is 25.0 Å². The molecule has 1 unspecified atom stereocenters. The summed E-state index contributed by atoms with van der Waals surface area (Å²) in [4.78, 5) is 13.6. The van der Waals surface area contributed by atoms with Gasteiger partial charge in [-0.15, -0.1) is 0 Å². The minimum absolute atomic E-state index is 0.103. The SMILES string of the molecule is CN1CCOC(CNCC(=O)NC2CC2)C1. The molecule has 2 aliphatic rings. The van der Waals surface area contributed by atoms with Crippen molar-refractivity contribution in [3.8, 4) is 0 Å². The predicted octanol–water partition coefficient (Wildman–Crippen LogP) is -0.815. The normalized spacial score (nSPS) is 26.7. The first-order valence-electron chi connectivity index (χ1n) is 6.04. The van der Waals surface area contributed by atoms with Crippen molar-refractivity contribution in [2.24, 2.45) is 0 Å². The van der Waals surface area contributed by atoms with Gasteiger partial charge in [0, 0.05) is 25.7 Å². The van der Waals surface area contributed by atoms with Crippen LogP contribution in [0.4, 0.5) is 0 Å². The lowest BCUT2D eigenvalue weighted by atomic mass is 10.3. The zero-order valence-corrected chi connectivity index (χ0v) is 9.87. The maximum atomic E-state index is 11.4. The average molecular weight is 227 g/mol. The van der Waals surface area contributed by atoms with Gasteiger partial charge in [-0.25, -0.2) is 0 Å². The summed E-state index contributed by atoms with van der Waals surface area (Å²) in [6.45, 7) is 3.88. The van der Waals surface area contributed by atoms with E-state index in [2.05, 4.69) is 22.6 Å². The molecule has 0 aromatic rings. The molecule has 2 fully saturated rings. The summed E-state index contributed by atoms with van der Waals surface area (Å²) < 4.78 is 5.59. The standard InChI is InChI=1S/C11H21N3O2/c1-14-4-5-16-10(8-14)6-12-7-11(15)13-9-2-3-9/h9-10,12H,2-8H2,1H3,(H,13,15). The molecule has 0 spiro atoms. The van der Waals surface area contributed by atoms with E-state index in [-0.39, 0.29) is 12.0 Å². The van der Waals surface area contributed by atoms with Crippen LogP contribution in [0.1, 0.15) is 12.8 Å². The molecule has 1 amide bonds. The quantitative estimate of drug-likeness (QED) is 0.645. The Balaban J connectivity index is 1.54. The van der Waals surface area contributed by atoms with Gasteiger partial charge in [0.05, 0.1) is 19.3 Å². The fraction of sp³-hybridized carbons (Fsp3) is 0.909. The van der Waals surface area contributed by atoms with Crippen LogP contribution in [0.5, 0.6) is 0 Å². The number of rotatable bonds is 5. The Labute approximate surface area is 96.5 Å². The second-order valence-electron chi connectivity index (χ2n) is 4.73. The number of ether oxygens (including phenoxy) is 1. The summed E-state index contributed by atoms with van der Waals surface area (Å²) in [6, 6.07) is 0.450. The third-order valence-electron chi connectivity index (χ3n) is 2.94.